The molecule has 0 unspecified atom stereocenters. The second kappa shape index (κ2) is 3.11. The first-order valence-electron chi connectivity index (χ1n) is 3.84. The quantitative estimate of drug-likeness (QED) is 0.720. The number of aromatic nitrogens is 1. The van der Waals surface area contributed by atoms with Gasteiger partial charge < -0.3 is 10.5 Å². The second-order valence-electron chi connectivity index (χ2n) is 3.28. The monoisotopic (exact) mass is 166 g/mol. The van der Waals surface area contributed by atoms with E-state index in [1.54, 1.807) is 13.3 Å². The van der Waals surface area contributed by atoms with Crippen LogP contribution in [0.3, 0.4) is 0 Å². The highest BCUT2D eigenvalue weighted by atomic mass is 16.5. The number of hydrogen-bond donors (Lipinski definition) is 1. The van der Waals surface area contributed by atoms with Gasteiger partial charge in [0.05, 0.1) is 12.6 Å². The standard InChI is InChI=1S/C9H14N2O/c1-9(2,10)8-7(12-3)5-4-6-11-8/h4-6H,10H2,1-3H3. The van der Waals surface area contributed by atoms with Gasteiger partial charge in [-0.2, -0.15) is 0 Å². The highest BCUT2D eigenvalue weighted by Crippen LogP contribution is 2.24. The van der Waals surface area contributed by atoms with Crippen LogP contribution < -0.4 is 10.5 Å². The van der Waals surface area contributed by atoms with Gasteiger partial charge in [-0.05, 0) is 26.0 Å². The lowest BCUT2D eigenvalue weighted by Gasteiger charge is -2.19. The molecule has 0 aliphatic heterocycles. The van der Waals surface area contributed by atoms with Crippen LogP contribution in [0.25, 0.3) is 0 Å². The van der Waals surface area contributed by atoms with Crippen molar-refractivity contribution in [3.05, 3.63) is 24.0 Å². The van der Waals surface area contributed by atoms with E-state index in [0.717, 1.165) is 11.4 Å². The molecule has 0 aliphatic carbocycles. The normalized spacial score (nSPS) is 11.3. The van der Waals surface area contributed by atoms with E-state index in [-0.39, 0.29) is 0 Å². The van der Waals surface area contributed by atoms with Crippen molar-refractivity contribution < 1.29 is 4.74 Å². The van der Waals surface area contributed by atoms with Crippen molar-refractivity contribution in [3.8, 4) is 5.75 Å². The Balaban J connectivity index is 3.14. The molecule has 0 saturated heterocycles. The minimum absolute atomic E-state index is 0.452. The number of hydrogen-bond acceptors (Lipinski definition) is 3. The Morgan fingerprint density at radius 3 is 2.58 bits per heavy atom. The minimum atomic E-state index is -0.452. The van der Waals surface area contributed by atoms with Crippen molar-refractivity contribution in [2.75, 3.05) is 7.11 Å². The molecule has 1 heterocycles. The van der Waals surface area contributed by atoms with E-state index in [9.17, 15) is 0 Å². The third kappa shape index (κ3) is 1.74. The molecule has 0 amide bonds. The van der Waals surface area contributed by atoms with Gasteiger partial charge in [-0.15, -0.1) is 0 Å². The van der Waals surface area contributed by atoms with E-state index in [1.807, 2.05) is 26.0 Å². The SMILES string of the molecule is COc1cccnc1C(C)(C)N. The molecule has 66 valence electrons. The molecule has 0 bridgehead atoms. The van der Waals surface area contributed by atoms with Crippen LogP contribution in [0.5, 0.6) is 5.75 Å². The maximum Gasteiger partial charge on any atom is 0.142 e. The largest absolute Gasteiger partial charge is 0.495 e. The average Bonchev–Trinajstić information content (AvgIpc) is 2.03. The molecule has 1 rings (SSSR count). The summed E-state index contributed by atoms with van der Waals surface area (Å²) in [4.78, 5) is 4.17. The summed E-state index contributed by atoms with van der Waals surface area (Å²) < 4.78 is 5.13. The van der Waals surface area contributed by atoms with Crippen LogP contribution in [0.15, 0.2) is 18.3 Å². The summed E-state index contributed by atoms with van der Waals surface area (Å²) in [6, 6.07) is 3.69. The Kier molecular flexibility index (Phi) is 2.33. The summed E-state index contributed by atoms with van der Waals surface area (Å²) in [7, 11) is 1.62. The summed E-state index contributed by atoms with van der Waals surface area (Å²) in [5, 5.41) is 0. The number of rotatable bonds is 2. The predicted octanol–water partition coefficient (Wildman–Crippen LogP) is 1.28. The van der Waals surface area contributed by atoms with Crippen molar-refractivity contribution in [1.82, 2.24) is 4.98 Å². The van der Waals surface area contributed by atoms with Crippen LogP contribution in [0.4, 0.5) is 0 Å². The Morgan fingerprint density at radius 1 is 1.50 bits per heavy atom. The van der Waals surface area contributed by atoms with Gasteiger partial charge in [0, 0.05) is 6.20 Å². The van der Waals surface area contributed by atoms with Crippen LogP contribution in [-0.2, 0) is 5.54 Å². The van der Waals surface area contributed by atoms with Crippen LogP contribution in [0, 0.1) is 0 Å². The molecule has 0 saturated carbocycles. The summed E-state index contributed by atoms with van der Waals surface area (Å²) in [5.74, 6) is 0.741. The molecule has 0 spiro atoms. The van der Waals surface area contributed by atoms with E-state index in [4.69, 9.17) is 10.5 Å². The fraction of sp³-hybridized carbons (Fsp3) is 0.444. The van der Waals surface area contributed by atoms with Crippen molar-refractivity contribution >= 4 is 0 Å². The zero-order chi connectivity index (χ0) is 9.19. The highest BCUT2D eigenvalue weighted by molar-refractivity contribution is 5.31. The molecule has 1 aromatic rings. The van der Waals surface area contributed by atoms with Gasteiger partial charge in [0.25, 0.3) is 0 Å². The lowest BCUT2D eigenvalue weighted by Crippen LogP contribution is -2.30. The zero-order valence-electron chi connectivity index (χ0n) is 7.66. The molecule has 0 aliphatic rings. The van der Waals surface area contributed by atoms with E-state index in [2.05, 4.69) is 4.98 Å². The van der Waals surface area contributed by atoms with Crippen LogP contribution >= 0.6 is 0 Å². The Hall–Kier alpha value is -1.09. The molecule has 0 fully saturated rings. The molecule has 3 nitrogen and oxygen atoms in total. The molecule has 0 atom stereocenters. The molecular formula is C9H14N2O. The highest BCUT2D eigenvalue weighted by Gasteiger charge is 2.19. The Bertz CT molecular complexity index is 265. The Morgan fingerprint density at radius 2 is 2.17 bits per heavy atom. The number of pyridine rings is 1. The van der Waals surface area contributed by atoms with Crippen LogP contribution in [0.2, 0.25) is 0 Å². The van der Waals surface area contributed by atoms with Crippen LogP contribution in [0.1, 0.15) is 19.5 Å². The lowest BCUT2D eigenvalue weighted by molar-refractivity contribution is 0.388. The molecule has 0 aromatic carbocycles. The van der Waals surface area contributed by atoms with Crippen molar-refractivity contribution in [2.45, 2.75) is 19.4 Å². The van der Waals surface area contributed by atoms with E-state index < -0.39 is 5.54 Å². The van der Waals surface area contributed by atoms with E-state index >= 15 is 0 Å². The third-order valence-corrected chi connectivity index (χ3v) is 1.60. The summed E-state index contributed by atoms with van der Waals surface area (Å²) >= 11 is 0. The number of nitrogens with two attached hydrogens (primary N) is 1. The fourth-order valence-electron chi connectivity index (χ4n) is 1.04. The third-order valence-electron chi connectivity index (χ3n) is 1.60. The van der Waals surface area contributed by atoms with Gasteiger partial charge in [0.2, 0.25) is 0 Å². The van der Waals surface area contributed by atoms with Gasteiger partial charge in [-0.3, -0.25) is 4.98 Å². The van der Waals surface area contributed by atoms with Gasteiger partial charge in [0.1, 0.15) is 11.4 Å². The van der Waals surface area contributed by atoms with Gasteiger partial charge in [0.15, 0.2) is 0 Å². The van der Waals surface area contributed by atoms with E-state index in [1.165, 1.54) is 0 Å². The van der Waals surface area contributed by atoms with Crippen molar-refractivity contribution in [3.63, 3.8) is 0 Å². The zero-order valence-corrected chi connectivity index (χ0v) is 7.66. The molecule has 1 aromatic heterocycles. The molecule has 12 heavy (non-hydrogen) atoms. The summed E-state index contributed by atoms with van der Waals surface area (Å²) in [6.45, 7) is 3.80. The van der Waals surface area contributed by atoms with Gasteiger partial charge >= 0.3 is 0 Å². The summed E-state index contributed by atoms with van der Waals surface area (Å²) in [5.41, 5.74) is 6.22. The number of methoxy groups -OCH3 is 1. The topological polar surface area (TPSA) is 48.1 Å². The first kappa shape index (κ1) is 9.00. The number of ether oxygens (including phenoxy) is 1. The van der Waals surface area contributed by atoms with Crippen molar-refractivity contribution in [2.24, 2.45) is 5.73 Å². The Labute approximate surface area is 72.6 Å². The summed E-state index contributed by atoms with van der Waals surface area (Å²) in [6.07, 6.45) is 1.71. The lowest BCUT2D eigenvalue weighted by atomic mass is 10.0. The molecule has 3 heteroatoms. The second-order valence-corrected chi connectivity index (χ2v) is 3.28. The fourth-order valence-corrected chi connectivity index (χ4v) is 1.04. The number of nitrogens with zero attached hydrogens (tertiary/aromatic N) is 1. The van der Waals surface area contributed by atoms with Crippen molar-refractivity contribution in [1.29, 1.82) is 0 Å². The predicted molar refractivity (Wildman–Crippen MR) is 48.0 cm³/mol. The average molecular weight is 166 g/mol. The first-order chi connectivity index (χ1) is 5.55. The maximum atomic E-state index is 5.89. The smallest absolute Gasteiger partial charge is 0.142 e. The molecule has 2 N–H and O–H groups in total. The molecular weight excluding hydrogens is 152 g/mol. The van der Waals surface area contributed by atoms with E-state index in [0.29, 0.717) is 0 Å². The maximum absolute atomic E-state index is 5.89. The molecule has 0 radical (unpaired) electrons. The van der Waals surface area contributed by atoms with Gasteiger partial charge in [-0.25, -0.2) is 0 Å². The first-order valence-corrected chi connectivity index (χ1v) is 3.84. The van der Waals surface area contributed by atoms with Crippen LogP contribution in [-0.4, -0.2) is 12.1 Å². The minimum Gasteiger partial charge on any atom is -0.495 e. The van der Waals surface area contributed by atoms with Gasteiger partial charge in [-0.1, -0.05) is 0 Å².